The lowest BCUT2D eigenvalue weighted by molar-refractivity contribution is -0.147. The highest BCUT2D eigenvalue weighted by atomic mass is 16.5. The Balaban J connectivity index is 2.67. The van der Waals surface area contributed by atoms with Crippen LogP contribution in [-0.2, 0) is 14.3 Å². The molecule has 0 bridgehead atoms. The van der Waals surface area contributed by atoms with Crippen LogP contribution < -0.4 is 5.32 Å². The van der Waals surface area contributed by atoms with Gasteiger partial charge in [0, 0.05) is 19.7 Å². The van der Waals surface area contributed by atoms with Crippen LogP contribution >= 0.6 is 0 Å². The molecule has 6 nitrogen and oxygen atoms in total. The second kappa shape index (κ2) is 6.70. The van der Waals surface area contributed by atoms with E-state index in [0.717, 1.165) is 6.42 Å². The molecule has 6 heteroatoms. The molecule has 3 atom stereocenters. The molecule has 1 heterocycles. The summed E-state index contributed by atoms with van der Waals surface area (Å²) in [6.07, 6.45) is 1.36. The number of rotatable bonds is 6. The van der Waals surface area contributed by atoms with Crippen LogP contribution in [0.15, 0.2) is 0 Å². The third kappa shape index (κ3) is 3.68. The first kappa shape index (κ1) is 14.9. The zero-order valence-corrected chi connectivity index (χ0v) is 11.2. The number of methoxy groups -OCH3 is 1. The minimum Gasteiger partial charge on any atom is -0.480 e. The van der Waals surface area contributed by atoms with Gasteiger partial charge in [-0.15, -0.1) is 0 Å². The maximum absolute atomic E-state index is 12.3. The van der Waals surface area contributed by atoms with Crippen molar-refractivity contribution in [1.29, 1.82) is 0 Å². The van der Waals surface area contributed by atoms with Gasteiger partial charge >= 0.3 is 5.97 Å². The predicted molar refractivity (Wildman–Crippen MR) is 66.3 cm³/mol. The number of nitrogens with zero attached hydrogens (tertiary/aromatic N) is 1. The van der Waals surface area contributed by atoms with Crippen LogP contribution in [0.4, 0.5) is 0 Å². The second-order valence-corrected chi connectivity index (χ2v) is 4.67. The molecule has 18 heavy (non-hydrogen) atoms. The lowest BCUT2D eigenvalue weighted by Crippen LogP contribution is -2.49. The number of aliphatic carboxylic acids is 1. The summed E-state index contributed by atoms with van der Waals surface area (Å²) in [5.41, 5.74) is 0. The molecular weight excluding hydrogens is 236 g/mol. The van der Waals surface area contributed by atoms with E-state index in [2.05, 4.69) is 5.32 Å². The van der Waals surface area contributed by atoms with E-state index in [-0.39, 0.29) is 30.6 Å². The zero-order chi connectivity index (χ0) is 13.7. The van der Waals surface area contributed by atoms with Crippen LogP contribution in [0.3, 0.4) is 0 Å². The third-order valence-corrected chi connectivity index (χ3v) is 3.43. The Morgan fingerprint density at radius 2 is 2.22 bits per heavy atom. The number of hydrogen-bond acceptors (Lipinski definition) is 4. The first-order chi connectivity index (χ1) is 8.49. The average molecular weight is 258 g/mol. The first-order valence-electron chi connectivity index (χ1n) is 6.28. The minimum absolute atomic E-state index is 0.0301. The smallest absolute Gasteiger partial charge is 0.323 e. The summed E-state index contributed by atoms with van der Waals surface area (Å²) < 4.78 is 5.19. The predicted octanol–water partition coefficient (Wildman–Crippen LogP) is 0.0750. The van der Waals surface area contributed by atoms with Gasteiger partial charge in [0.1, 0.15) is 6.54 Å². The molecule has 0 aliphatic carbocycles. The summed E-state index contributed by atoms with van der Waals surface area (Å²) in [5, 5.41) is 12.0. The van der Waals surface area contributed by atoms with Crippen molar-refractivity contribution in [3.8, 4) is 0 Å². The number of carbonyl (C=O) groups excluding carboxylic acids is 1. The van der Waals surface area contributed by atoms with Gasteiger partial charge in [-0.05, 0) is 19.8 Å². The maximum Gasteiger partial charge on any atom is 0.323 e. The summed E-state index contributed by atoms with van der Waals surface area (Å²) in [6.45, 7) is 4.19. The highest BCUT2D eigenvalue weighted by Gasteiger charge is 2.34. The number of hydrogen-bond donors (Lipinski definition) is 2. The van der Waals surface area contributed by atoms with Crippen LogP contribution in [0.25, 0.3) is 0 Å². The van der Waals surface area contributed by atoms with Crippen molar-refractivity contribution >= 4 is 11.9 Å². The molecule has 1 amide bonds. The number of carboxylic acid groups (broad SMARTS) is 1. The van der Waals surface area contributed by atoms with Gasteiger partial charge in [0.05, 0.1) is 12.1 Å². The Hall–Kier alpha value is -1.14. The molecule has 1 fully saturated rings. The van der Waals surface area contributed by atoms with Crippen molar-refractivity contribution in [3.05, 3.63) is 0 Å². The molecule has 2 N–H and O–H groups in total. The zero-order valence-electron chi connectivity index (χ0n) is 11.2. The summed E-state index contributed by atoms with van der Waals surface area (Å²) in [7, 11) is 1.61. The van der Waals surface area contributed by atoms with E-state index in [0.29, 0.717) is 13.0 Å². The van der Waals surface area contributed by atoms with Crippen molar-refractivity contribution < 1.29 is 19.4 Å². The van der Waals surface area contributed by atoms with Crippen LogP contribution in [0.1, 0.15) is 26.7 Å². The Labute approximate surface area is 107 Å². The molecule has 3 unspecified atom stereocenters. The van der Waals surface area contributed by atoms with Gasteiger partial charge in [-0.1, -0.05) is 6.92 Å². The number of ether oxygens (including phenoxy) is 1. The quantitative estimate of drug-likeness (QED) is 0.705. The number of carboxylic acids is 1. The summed E-state index contributed by atoms with van der Waals surface area (Å²) in [4.78, 5) is 24.5. The van der Waals surface area contributed by atoms with Gasteiger partial charge in [-0.2, -0.15) is 0 Å². The Morgan fingerprint density at radius 3 is 2.67 bits per heavy atom. The van der Waals surface area contributed by atoms with Crippen molar-refractivity contribution in [2.24, 2.45) is 0 Å². The van der Waals surface area contributed by atoms with Crippen molar-refractivity contribution in [2.75, 3.05) is 20.2 Å². The van der Waals surface area contributed by atoms with E-state index in [1.54, 1.807) is 7.11 Å². The Bertz CT molecular complexity index is 308. The molecule has 1 saturated heterocycles. The SMILES string of the molecule is CCC(C)N(CC(=O)O)C(=O)C1CC(OC)CN1. The Morgan fingerprint density at radius 1 is 1.56 bits per heavy atom. The largest absolute Gasteiger partial charge is 0.480 e. The summed E-state index contributed by atoms with van der Waals surface area (Å²) >= 11 is 0. The molecule has 1 rings (SSSR count). The van der Waals surface area contributed by atoms with Gasteiger partial charge in [0.25, 0.3) is 0 Å². The van der Waals surface area contributed by atoms with E-state index < -0.39 is 5.97 Å². The maximum atomic E-state index is 12.3. The van der Waals surface area contributed by atoms with Gasteiger partial charge in [-0.25, -0.2) is 0 Å². The van der Waals surface area contributed by atoms with E-state index in [1.165, 1.54) is 4.90 Å². The molecule has 0 aromatic rings. The fraction of sp³-hybridized carbons (Fsp3) is 0.833. The van der Waals surface area contributed by atoms with E-state index in [9.17, 15) is 9.59 Å². The lowest BCUT2D eigenvalue weighted by Gasteiger charge is -2.29. The highest BCUT2D eigenvalue weighted by molar-refractivity contribution is 5.86. The standard InChI is InChI=1S/C12H22N2O4/c1-4-8(2)14(7-11(15)16)12(17)10-5-9(18-3)6-13-10/h8-10,13H,4-7H2,1-3H3,(H,15,16). The Kier molecular flexibility index (Phi) is 5.55. The molecule has 0 aromatic heterocycles. The van der Waals surface area contributed by atoms with Crippen molar-refractivity contribution in [2.45, 2.75) is 44.9 Å². The van der Waals surface area contributed by atoms with Crippen LogP contribution in [0.2, 0.25) is 0 Å². The van der Waals surface area contributed by atoms with Gasteiger partial charge < -0.3 is 20.1 Å². The monoisotopic (exact) mass is 258 g/mol. The fourth-order valence-corrected chi connectivity index (χ4v) is 2.09. The minimum atomic E-state index is -0.982. The topological polar surface area (TPSA) is 78.9 Å². The summed E-state index contributed by atoms with van der Waals surface area (Å²) in [5.74, 6) is -1.13. The van der Waals surface area contributed by atoms with Crippen LogP contribution in [0.5, 0.6) is 0 Å². The second-order valence-electron chi connectivity index (χ2n) is 4.67. The number of carbonyl (C=O) groups is 2. The molecular formula is C12H22N2O4. The molecule has 0 saturated carbocycles. The normalized spacial score (nSPS) is 24.8. The molecule has 0 radical (unpaired) electrons. The summed E-state index contributed by atoms with van der Waals surface area (Å²) in [6, 6.07) is -0.403. The van der Waals surface area contributed by atoms with E-state index in [1.807, 2.05) is 13.8 Å². The molecule has 0 spiro atoms. The lowest BCUT2D eigenvalue weighted by atomic mass is 10.1. The first-order valence-corrected chi connectivity index (χ1v) is 6.28. The van der Waals surface area contributed by atoms with E-state index in [4.69, 9.17) is 9.84 Å². The van der Waals surface area contributed by atoms with Crippen molar-refractivity contribution in [3.63, 3.8) is 0 Å². The molecule has 1 aliphatic rings. The van der Waals surface area contributed by atoms with Gasteiger partial charge in [0.15, 0.2) is 0 Å². The average Bonchev–Trinajstić information content (AvgIpc) is 2.82. The molecule has 1 aliphatic heterocycles. The number of amides is 1. The molecule has 104 valence electrons. The van der Waals surface area contributed by atoms with Crippen molar-refractivity contribution in [1.82, 2.24) is 10.2 Å². The highest BCUT2D eigenvalue weighted by Crippen LogP contribution is 2.14. The number of nitrogens with one attached hydrogen (secondary N) is 1. The third-order valence-electron chi connectivity index (χ3n) is 3.43. The van der Waals surface area contributed by atoms with Crippen LogP contribution in [0, 0.1) is 0 Å². The van der Waals surface area contributed by atoms with Crippen LogP contribution in [-0.4, -0.2) is 60.3 Å². The molecule has 0 aromatic carbocycles. The van der Waals surface area contributed by atoms with E-state index >= 15 is 0 Å². The fourth-order valence-electron chi connectivity index (χ4n) is 2.09. The van der Waals surface area contributed by atoms with Gasteiger partial charge in [0.2, 0.25) is 5.91 Å². The van der Waals surface area contributed by atoms with Gasteiger partial charge in [-0.3, -0.25) is 9.59 Å².